The number of aliphatic hydroxyl groups is 1. The third-order valence-electron chi connectivity index (χ3n) is 6.66. The third kappa shape index (κ3) is 2.49. The number of amides is 2. The van der Waals surface area contributed by atoms with Crippen molar-refractivity contribution in [2.24, 2.45) is 5.92 Å². The van der Waals surface area contributed by atoms with Crippen LogP contribution < -0.4 is 4.90 Å². The van der Waals surface area contributed by atoms with Crippen molar-refractivity contribution in [2.45, 2.75) is 37.3 Å². The number of rotatable bonds is 3. The van der Waals surface area contributed by atoms with Crippen molar-refractivity contribution in [3.05, 3.63) is 65.7 Å². The maximum Gasteiger partial charge on any atom is 0.254 e. The predicted octanol–water partition coefficient (Wildman–Crippen LogP) is 2.80. The molecule has 2 fully saturated rings. The monoisotopic (exact) mass is 376 g/mol. The van der Waals surface area contributed by atoms with E-state index in [-0.39, 0.29) is 42.3 Å². The number of para-hydroxylation sites is 1. The van der Waals surface area contributed by atoms with Gasteiger partial charge in [0.25, 0.3) is 5.91 Å². The predicted molar refractivity (Wildman–Crippen MR) is 106 cm³/mol. The molecule has 2 amide bonds. The summed E-state index contributed by atoms with van der Waals surface area (Å²) in [4.78, 5) is 29.9. The number of nitrogens with zero attached hydrogens (tertiary/aromatic N) is 2. The molecule has 3 atom stereocenters. The van der Waals surface area contributed by atoms with Crippen LogP contribution in [0.5, 0.6) is 0 Å². The van der Waals surface area contributed by atoms with Gasteiger partial charge in [-0.1, -0.05) is 42.8 Å². The van der Waals surface area contributed by atoms with Gasteiger partial charge in [-0.25, -0.2) is 0 Å². The average Bonchev–Trinajstić information content (AvgIpc) is 2.67. The zero-order valence-electron chi connectivity index (χ0n) is 15.7. The first-order valence-electron chi connectivity index (χ1n) is 10.1. The summed E-state index contributed by atoms with van der Waals surface area (Å²) in [6.45, 7) is 0.427. The Morgan fingerprint density at radius 3 is 2.39 bits per heavy atom. The molecule has 2 aromatic carbocycles. The molecule has 0 bridgehead atoms. The summed E-state index contributed by atoms with van der Waals surface area (Å²) >= 11 is 0. The van der Waals surface area contributed by atoms with E-state index in [9.17, 15) is 14.7 Å². The van der Waals surface area contributed by atoms with Crippen molar-refractivity contribution in [1.29, 1.82) is 0 Å². The smallest absolute Gasteiger partial charge is 0.254 e. The molecule has 0 spiro atoms. The van der Waals surface area contributed by atoms with Gasteiger partial charge in [0.2, 0.25) is 5.91 Å². The molecule has 5 nitrogen and oxygen atoms in total. The fourth-order valence-corrected chi connectivity index (χ4v) is 4.98. The van der Waals surface area contributed by atoms with Gasteiger partial charge in [0, 0.05) is 29.6 Å². The van der Waals surface area contributed by atoms with Crippen molar-refractivity contribution in [3.8, 4) is 0 Å². The van der Waals surface area contributed by atoms with Crippen LogP contribution in [0.4, 0.5) is 5.69 Å². The van der Waals surface area contributed by atoms with Crippen LogP contribution in [0, 0.1) is 5.92 Å². The van der Waals surface area contributed by atoms with Gasteiger partial charge in [-0.2, -0.15) is 0 Å². The molecule has 144 valence electrons. The second kappa shape index (κ2) is 6.74. The number of fused-ring (bicyclic) bond motifs is 3. The molecule has 0 aromatic heterocycles. The molecule has 3 aliphatic rings. The largest absolute Gasteiger partial charge is 0.394 e. The number of anilines is 1. The maximum absolute atomic E-state index is 13.2. The summed E-state index contributed by atoms with van der Waals surface area (Å²) in [7, 11) is 0. The molecule has 1 saturated heterocycles. The number of aliphatic hydroxyl groups excluding tert-OH is 1. The highest BCUT2D eigenvalue weighted by Crippen LogP contribution is 2.49. The van der Waals surface area contributed by atoms with E-state index in [1.54, 1.807) is 17.0 Å². The number of carbonyl (C=O) groups is 2. The summed E-state index contributed by atoms with van der Waals surface area (Å²) in [6, 6.07) is 16.8. The molecular formula is C23H24N2O3. The summed E-state index contributed by atoms with van der Waals surface area (Å²) in [5.41, 5.74) is 2.64. The summed E-state index contributed by atoms with van der Waals surface area (Å²) in [6.07, 6.45) is 3.03. The Morgan fingerprint density at radius 2 is 1.71 bits per heavy atom. The van der Waals surface area contributed by atoms with E-state index in [4.69, 9.17) is 0 Å². The maximum atomic E-state index is 13.2. The number of carbonyl (C=O) groups excluding carboxylic acids is 2. The van der Waals surface area contributed by atoms with Crippen LogP contribution in [0.3, 0.4) is 0 Å². The fraction of sp³-hybridized carbons (Fsp3) is 0.391. The molecule has 2 aromatic rings. The van der Waals surface area contributed by atoms with Gasteiger partial charge in [0.15, 0.2) is 0 Å². The van der Waals surface area contributed by atoms with Crippen LogP contribution in [-0.2, 0) is 4.79 Å². The van der Waals surface area contributed by atoms with Crippen LogP contribution >= 0.6 is 0 Å². The van der Waals surface area contributed by atoms with Crippen molar-refractivity contribution in [3.63, 3.8) is 0 Å². The Balaban J connectivity index is 1.51. The fourth-order valence-electron chi connectivity index (χ4n) is 4.98. The summed E-state index contributed by atoms with van der Waals surface area (Å²) in [5, 5.41) is 10.1. The van der Waals surface area contributed by atoms with Gasteiger partial charge in [-0.15, -0.1) is 0 Å². The van der Waals surface area contributed by atoms with E-state index in [2.05, 4.69) is 0 Å². The van der Waals surface area contributed by atoms with E-state index in [1.165, 1.54) is 0 Å². The van der Waals surface area contributed by atoms with Gasteiger partial charge in [-0.05, 0) is 36.6 Å². The first kappa shape index (κ1) is 17.4. The number of hydrogen-bond acceptors (Lipinski definition) is 3. The molecule has 5 heteroatoms. The van der Waals surface area contributed by atoms with E-state index in [0.29, 0.717) is 12.1 Å². The lowest BCUT2D eigenvalue weighted by Gasteiger charge is -2.59. The quantitative estimate of drug-likeness (QED) is 0.896. The number of likely N-dealkylation sites (tertiary alicyclic amines) is 1. The zero-order valence-corrected chi connectivity index (χ0v) is 15.7. The van der Waals surface area contributed by atoms with E-state index in [1.807, 2.05) is 47.4 Å². The van der Waals surface area contributed by atoms with E-state index in [0.717, 1.165) is 30.5 Å². The van der Waals surface area contributed by atoms with Crippen LogP contribution in [0.1, 0.15) is 41.1 Å². The lowest BCUT2D eigenvalue weighted by molar-refractivity contribution is -0.125. The second-order valence-electron chi connectivity index (χ2n) is 8.06. The number of hydrogen-bond donors (Lipinski definition) is 1. The van der Waals surface area contributed by atoms with Gasteiger partial charge in [0.1, 0.15) is 0 Å². The second-order valence-corrected chi connectivity index (χ2v) is 8.06. The molecule has 0 radical (unpaired) electrons. The minimum absolute atomic E-state index is 0.0688. The molecule has 0 unspecified atom stereocenters. The van der Waals surface area contributed by atoms with E-state index >= 15 is 0 Å². The molecule has 1 N–H and O–H groups in total. The van der Waals surface area contributed by atoms with Gasteiger partial charge in [0.05, 0.1) is 18.7 Å². The minimum Gasteiger partial charge on any atom is -0.394 e. The molecular weight excluding hydrogens is 352 g/mol. The molecule has 2 heterocycles. The topological polar surface area (TPSA) is 60.9 Å². The molecule has 5 rings (SSSR count). The highest BCUT2D eigenvalue weighted by atomic mass is 16.3. The molecule has 1 aliphatic carbocycles. The Hall–Kier alpha value is -2.66. The summed E-state index contributed by atoms with van der Waals surface area (Å²) in [5.74, 6) is 0.281. The Kier molecular flexibility index (Phi) is 4.20. The minimum atomic E-state index is -0.250. The molecule has 2 aliphatic heterocycles. The van der Waals surface area contributed by atoms with Gasteiger partial charge < -0.3 is 14.9 Å². The lowest BCUT2D eigenvalue weighted by Crippen LogP contribution is -2.71. The highest BCUT2D eigenvalue weighted by molar-refractivity contribution is 5.99. The van der Waals surface area contributed by atoms with Gasteiger partial charge in [-0.3, -0.25) is 9.59 Å². The normalized spacial score (nSPS) is 26.0. The van der Waals surface area contributed by atoms with Crippen LogP contribution in [0.25, 0.3) is 0 Å². The highest BCUT2D eigenvalue weighted by Gasteiger charge is 2.55. The lowest BCUT2D eigenvalue weighted by atomic mass is 9.71. The van der Waals surface area contributed by atoms with Crippen LogP contribution in [0.2, 0.25) is 0 Å². The van der Waals surface area contributed by atoms with Crippen LogP contribution in [-0.4, -0.2) is 47.1 Å². The number of benzene rings is 2. The average molecular weight is 376 g/mol. The molecule has 1 saturated carbocycles. The summed E-state index contributed by atoms with van der Waals surface area (Å²) < 4.78 is 0. The van der Waals surface area contributed by atoms with E-state index < -0.39 is 0 Å². The zero-order chi connectivity index (χ0) is 19.3. The Bertz CT molecular complexity index is 909. The Labute approximate surface area is 164 Å². The standard InChI is InChI=1S/C23H24N2O3/c26-14-20-21-17-11-4-5-12-18(17)24(22(27)15-9-6-10-15)13-19(21)25(20)23(28)16-7-2-1-3-8-16/h1-5,7-8,11-12,15,19-21,26H,6,9-10,13-14H2/t19-,20-,21+/m1/s1. The SMILES string of the molecule is O=C(C1CCC1)N1C[C@@H]2[C@H](c3ccccc31)[C@@H](CO)N2C(=O)c1ccccc1. The van der Waals surface area contributed by atoms with Crippen molar-refractivity contribution in [1.82, 2.24) is 4.90 Å². The Morgan fingerprint density at radius 1 is 1.00 bits per heavy atom. The van der Waals surface area contributed by atoms with Gasteiger partial charge >= 0.3 is 0 Å². The first-order valence-corrected chi connectivity index (χ1v) is 10.1. The first-order chi connectivity index (χ1) is 13.7. The van der Waals surface area contributed by atoms with Crippen molar-refractivity contribution in [2.75, 3.05) is 18.1 Å². The van der Waals surface area contributed by atoms with Crippen molar-refractivity contribution < 1.29 is 14.7 Å². The van der Waals surface area contributed by atoms with Crippen LogP contribution in [0.15, 0.2) is 54.6 Å². The molecule has 28 heavy (non-hydrogen) atoms. The van der Waals surface area contributed by atoms with Crippen molar-refractivity contribution >= 4 is 17.5 Å². The third-order valence-corrected chi connectivity index (χ3v) is 6.66.